The summed E-state index contributed by atoms with van der Waals surface area (Å²) in [5.41, 5.74) is 0.445. The van der Waals surface area contributed by atoms with Crippen molar-refractivity contribution in [2.75, 3.05) is 12.0 Å². The Balaban J connectivity index is 1.54. The smallest absolute Gasteiger partial charge is 0.414 e. The number of H-pyrrole nitrogens is 1. The lowest BCUT2D eigenvalue weighted by atomic mass is 10.1. The number of aromatic amines is 1. The summed E-state index contributed by atoms with van der Waals surface area (Å²) in [5.74, 6) is -0.799. The second kappa shape index (κ2) is 8.95. The molecule has 30 heavy (non-hydrogen) atoms. The number of anilines is 1. The molecule has 0 radical (unpaired) electrons. The zero-order chi connectivity index (χ0) is 21.7. The molecular formula is C20H24N4O6. The van der Waals surface area contributed by atoms with E-state index in [1.807, 2.05) is 0 Å². The second-order valence-electron chi connectivity index (χ2n) is 7.69. The van der Waals surface area contributed by atoms with Gasteiger partial charge in [-0.3, -0.25) is 10.1 Å². The van der Waals surface area contributed by atoms with Crippen molar-refractivity contribution >= 4 is 24.0 Å². The largest absolute Gasteiger partial charge is 0.445 e. The van der Waals surface area contributed by atoms with Crippen LogP contribution in [0.1, 0.15) is 43.2 Å². The van der Waals surface area contributed by atoms with Crippen molar-refractivity contribution in [1.82, 2.24) is 15.0 Å². The summed E-state index contributed by atoms with van der Waals surface area (Å²) in [5, 5.41) is 3.74. The van der Waals surface area contributed by atoms with Crippen LogP contribution in [-0.4, -0.2) is 51.4 Å². The number of hydrogen-bond acceptors (Lipinski definition) is 8. The molecule has 0 saturated carbocycles. The van der Waals surface area contributed by atoms with Gasteiger partial charge in [0.2, 0.25) is 5.95 Å². The van der Waals surface area contributed by atoms with Crippen molar-refractivity contribution in [2.24, 2.45) is 0 Å². The number of cyclic esters (lactones) is 1. The van der Waals surface area contributed by atoms with E-state index in [1.54, 1.807) is 57.3 Å². The first-order valence-corrected chi connectivity index (χ1v) is 9.46. The number of carbonyl (C=O) groups excluding carboxylic acids is 3. The van der Waals surface area contributed by atoms with Crippen molar-refractivity contribution in [3.63, 3.8) is 0 Å². The predicted molar refractivity (Wildman–Crippen MR) is 105 cm³/mol. The van der Waals surface area contributed by atoms with Gasteiger partial charge in [0.1, 0.15) is 11.6 Å². The fourth-order valence-corrected chi connectivity index (χ4v) is 2.76. The lowest BCUT2D eigenvalue weighted by Crippen LogP contribution is -2.35. The molecule has 2 N–H and O–H groups in total. The van der Waals surface area contributed by atoms with E-state index in [2.05, 4.69) is 15.3 Å². The van der Waals surface area contributed by atoms with Gasteiger partial charge in [0.25, 0.3) is 0 Å². The van der Waals surface area contributed by atoms with E-state index in [0.717, 1.165) is 0 Å². The predicted octanol–water partition coefficient (Wildman–Crippen LogP) is 2.65. The second-order valence-corrected chi connectivity index (χ2v) is 7.69. The number of nitrogens with zero attached hydrogens (tertiary/aromatic N) is 2. The van der Waals surface area contributed by atoms with E-state index in [0.29, 0.717) is 24.1 Å². The van der Waals surface area contributed by atoms with Crippen LogP contribution in [0.3, 0.4) is 0 Å². The van der Waals surface area contributed by atoms with Gasteiger partial charge in [0.05, 0.1) is 11.8 Å². The first-order chi connectivity index (χ1) is 14.2. The third-order valence-corrected chi connectivity index (χ3v) is 4.10. The first kappa shape index (κ1) is 21.3. The van der Waals surface area contributed by atoms with E-state index in [9.17, 15) is 14.4 Å². The Hall–Kier alpha value is -3.40. The summed E-state index contributed by atoms with van der Waals surface area (Å²) >= 11 is 0. The zero-order valence-electron chi connectivity index (χ0n) is 17.0. The van der Waals surface area contributed by atoms with Gasteiger partial charge in [-0.2, -0.15) is 0 Å². The molecule has 160 valence electrons. The molecule has 0 bridgehead atoms. The molecule has 1 saturated heterocycles. The lowest BCUT2D eigenvalue weighted by Gasteiger charge is -2.19. The van der Waals surface area contributed by atoms with E-state index in [4.69, 9.17) is 14.3 Å². The van der Waals surface area contributed by atoms with Crippen LogP contribution in [0.25, 0.3) is 0 Å². The Bertz CT molecular complexity index is 906. The van der Waals surface area contributed by atoms with Crippen molar-refractivity contribution in [2.45, 2.75) is 45.3 Å². The Kier molecular flexibility index (Phi) is 6.36. The van der Waals surface area contributed by atoms with Crippen LogP contribution in [0.4, 0.5) is 10.7 Å². The average molecular weight is 416 g/mol. The number of benzene rings is 1. The molecule has 2 aromatic rings. The molecule has 10 nitrogen and oxygen atoms in total. The fourth-order valence-electron chi connectivity index (χ4n) is 2.76. The summed E-state index contributed by atoms with van der Waals surface area (Å²) in [6, 6.07) is 7.75. The minimum Gasteiger partial charge on any atom is -0.445 e. The van der Waals surface area contributed by atoms with Crippen LogP contribution in [0.2, 0.25) is 0 Å². The van der Waals surface area contributed by atoms with Gasteiger partial charge < -0.3 is 19.3 Å². The Morgan fingerprint density at radius 3 is 2.73 bits per heavy atom. The van der Waals surface area contributed by atoms with Gasteiger partial charge in [0, 0.05) is 5.69 Å². The number of hydroxylamine groups is 2. The third kappa shape index (κ3) is 5.80. The SMILES string of the molecule is CC(C)(C)OC(=O)Nc1ncc(CC[C@H]2C(=O)OCN2OC(=O)c2ccccc2)[nH]1. The van der Waals surface area contributed by atoms with Crippen molar-refractivity contribution in [3.05, 3.63) is 47.8 Å². The fraction of sp³-hybridized carbons (Fsp3) is 0.400. The van der Waals surface area contributed by atoms with Crippen molar-refractivity contribution in [1.29, 1.82) is 0 Å². The summed E-state index contributed by atoms with van der Waals surface area (Å²) in [7, 11) is 0. The van der Waals surface area contributed by atoms with Crippen molar-refractivity contribution < 1.29 is 28.7 Å². The maximum absolute atomic E-state index is 12.2. The number of esters is 1. The molecule has 0 aliphatic carbocycles. The Morgan fingerprint density at radius 2 is 2.03 bits per heavy atom. The molecule has 1 aliphatic heterocycles. The maximum atomic E-state index is 12.2. The molecule has 1 fully saturated rings. The van der Waals surface area contributed by atoms with Gasteiger partial charge in [-0.1, -0.05) is 23.3 Å². The zero-order valence-corrected chi connectivity index (χ0v) is 17.0. The molecule has 2 heterocycles. The average Bonchev–Trinajstić information content (AvgIpc) is 3.25. The quantitative estimate of drug-likeness (QED) is 0.689. The highest BCUT2D eigenvalue weighted by atomic mass is 16.8. The van der Waals surface area contributed by atoms with Gasteiger partial charge in [-0.15, -0.1) is 0 Å². The van der Waals surface area contributed by atoms with E-state index < -0.39 is 29.7 Å². The normalized spacial score (nSPS) is 16.8. The summed E-state index contributed by atoms with van der Waals surface area (Å²) in [6.07, 6.45) is 1.67. The number of amides is 1. The number of aryl methyl sites for hydroxylation is 1. The molecule has 1 aliphatic rings. The topological polar surface area (TPSA) is 123 Å². The van der Waals surface area contributed by atoms with Crippen LogP contribution >= 0.6 is 0 Å². The Morgan fingerprint density at radius 1 is 1.30 bits per heavy atom. The van der Waals surface area contributed by atoms with Gasteiger partial charge in [-0.05, 0) is 45.7 Å². The molecule has 1 atom stereocenters. The van der Waals surface area contributed by atoms with Gasteiger partial charge in [0.15, 0.2) is 6.73 Å². The minimum atomic E-state index is -0.733. The van der Waals surface area contributed by atoms with E-state index in [1.165, 1.54) is 5.06 Å². The van der Waals surface area contributed by atoms with Crippen molar-refractivity contribution in [3.8, 4) is 0 Å². The highest BCUT2D eigenvalue weighted by Gasteiger charge is 2.37. The monoisotopic (exact) mass is 416 g/mol. The van der Waals surface area contributed by atoms with Crippen LogP contribution in [0.5, 0.6) is 0 Å². The molecule has 0 spiro atoms. The Labute approximate surface area is 173 Å². The number of nitrogens with one attached hydrogen (secondary N) is 2. The van der Waals surface area contributed by atoms with Crippen LogP contribution in [-0.2, 0) is 25.5 Å². The minimum absolute atomic E-state index is 0.128. The first-order valence-electron chi connectivity index (χ1n) is 9.46. The van der Waals surface area contributed by atoms with Gasteiger partial charge >= 0.3 is 18.0 Å². The number of ether oxygens (including phenoxy) is 2. The van der Waals surface area contributed by atoms with Gasteiger partial charge in [-0.25, -0.2) is 14.6 Å². The van der Waals surface area contributed by atoms with Crippen LogP contribution in [0.15, 0.2) is 36.5 Å². The molecule has 3 rings (SSSR count). The van der Waals surface area contributed by atoms with Crippen LogP contribution in [0, 0.1) is 0 Å². The highest BCUT2D eigenvalue weighted by Crippen LogP contribution is 2.19. The third-order valence-electron chi connectivity index (χ3n) is 4.10. The number of rotatable bonds is 6. The summed E-state index contributed by atoms with van der Waals surface area (Å²) in [6.45, 7) is 5.15. The molecule has 0 unspecified atom stereocenters. The maximum Gasteiger partial charge on any atom is 0.414 e. The number of hydrogen-bond donors (Lipinski definition) is 2. The molecule has 1 amide bonds. The highest BCUT2D eigenvalue weighted by molar-refractivity contribution is 5.89. The standard InChI is InChI=1S/C20H24N4O6/c1-20(2,3)29-19(27)23-18-21-11-14(22-18)9-10-15-17(26)28-12-24(15)30-16(25)13-7-5-4-6-8-13/h4-8,11,15H,9-10,12H2,1-3H3,(H2,21,22,23,27)/t15-/m0/s1. The molecule has 1 aromatic heterocycles. The number of imidazole rings is 1. The number of carbonyl (C=O) groups is 3. The lowest BCUT2D eigenvalue weighted by molar-refractivity contribution is -0.139. The molecule has 1 aromatic carbocycles. The molecular weight excluding hydrogens is 392 g/mol. The van der Waals surface area contributed by atoms with Crippen LogP contribution < -0.4 is 5.32 Å². The summed E-state index contributed by atoms with van der Waals surface area (Å²) < 4.78 is 10.2. The van der Waals surface area contributed by atoms with E-state index >= 15 is 0 Å². The number of aromatic nitrogens is 2. The molecule has 10 heteroatoms. The summed E-state index contributed by atoms with van der Waals surface area (Å²) in [4.78, 5) is 48.4. The van der Waals surface area contributed by atoms with E-state index in [-0.39, 0.29) is 12.7 Å².